The van der Waals surface area contributed by atoms with Crippen LogP contribution in [-0.4, -0.2) is 42.6 Å². The van der Waals surface area contributed by atoms with Crippen LogP contribution >= 0.6 is 0 Å². The van der Waals surface area contributed by atoms with Crippen LogP contribution in [0.15, 0.2) is 29.5 Å². The molecule has 0 aliphatic carbocycles. The van der Waals surface area contributed by atoms with E-state index in [9.17, 15) is 4.79 Å². The first-order valence-corrected chi connectivity index (χ1v) is 5.94. The lowest BCUT2D eigenvalue weighted by molar-refractivity contribution is -0.102. The molecule has 0 radical (unpaired) electrons. The Morgan fingerprint density at radius 2 is 2.47 bits per heavy atom. The second-order valence-electron chi connectivity index (χ2n) is 4.56. The van der Waals surface area contributed by atoms with Gasteiger partial charge in [0.1, 0.15) is 6.21 Å². The summed E-state index contributed by atoms with van der Waals surface area (Å²) in [4.78, 5) is 17.8. The fourth-order valence-electron chi connectivity index (χ4n) is 2.67. The highest BCUT2D eigenvalue weighted by molar-refractivity contribution is 6.12. The average molecular weight is 234 g/mol. The summed E-state index contributed by atoms with van der Waals surface area (Å²) in [6.45, 7) is 3.76. The van der Waals surface area contributed by atoms with Gasteiger partial charge in [-0.25, -0.2) is 0 Å². The maximum atomic E-state index is 10.1. The Bertz CT molecular complexity index is 362. The van der Waals surface area contributed by atoms with Gasteiger partial charge < -0.3 is 4.84 Å². The minimum Gasteiger partial charge on any atom is -0.384 e. The van der Waals surface area contributed by atoms with Gasteiger partial charge in [-0.05, 0) is 38.0 Å². The second-order valence-corrected chi connectivity index (χ2v) is 4.56. The van der Waals surface area contributed by atoms with Gasteiger partial charge in [0, 0.05) is 12.1 Å². The third-order valence-corrected chi connectivity index (χ3v) is 3.65. The molecular weight excluding hydrogens is 216 g/mol. The number of oxime groups is 1. The maximum absolute atomic E-state index is 10.1. The van der Waals surface area contributed by atoms with E-state index in [4.69, 9.17) is 4.84 Å². The monoisotopic (exact) mass is 234 g/mol. The summed E-state index contributed by atoms with van der Waals surface area (Å²) in [5.41, 5.74) is 1.23. The number of aldehydes is 1. The summed E-state index contributed by atoms with van der Waals surface area (Å²) in [6.07, 6.45) is 8.95. The van der Waals surface area contributed by atoms with E-state index in [1.807, 2.05) is 0 Å². The van der Waals surface area contributed by atoms with Crippen molar-refractivity contribution in [2.24, 2.45) is 5.16 Å². The first-order valence-electron chi connectivity index (χ1n) is 5.94. The molecule has 2 rings (SSSR count). The Balaban J connectivity index is 2.05. The lowest BCUT2D eigenvalue weighted by Crippen LogP contribution is -2.36. The molecule has 0 aromatic heterocycles. The van der Waals surface area contributed by atoms with Gasteiger partial charge in [0.2, 0.25) is 0 Å². The zero-order chi connectivity index (χ0) is 12.3. The molecule has 0 aromatic carbocycles. The first-order chi connectivity index (χ1) is 8.26. The molecule has 2 heterocycles. The number of carbonyl (C=O) groups excluding carboxylic acids is 1. The first kappa shape index (κ1) is 12.0. The smallest absolute Gasteiger partial charge is 0.166 e. The fourth-order valence-corrected chi connectivity index (χ4v) is 2.67. The van der Waals surface area contributed by atoms with Crippen molar-refractivity contribution < 1.29 is 9.63 Å². The Kier molecular flexibility index (Phi) is 3.74. The zero-order valence-corrected chi connectivity index (χ0v) is 10.1. The average Bonchev–Trinajstić information content (AvgIpc) is 2.56. The predicted octanol–water partition coefficient (Wildman–Crippen LogP) is 1.54. The highest BCUT2D eigenvalue weighted by atomic mass is 16.6. The molecule has 4 heteroatoms. The van der Waals surface area contributed by atoms with Gasteiger partial charge in [-0.1, -0.05) is 17.8 Å². The van der Waals surface area contributed by atoms with Crippen LogP contribution in [0.25, 0.3) is 0 Å². The molecule has 1 fully saturated rings. The van der Waals surface area contributed by atoms with Gasteiger partial charge in [0.15, 0.2) is 12.4 Å². The summed E-state index contributed by atoms with van der Waals surface area (Å²) < 4.78 is 0. The molecule has 2 bridgehead atoms. The largest absolute Gasteiger partial charge is 0.384 e. The molecule has 3 atom stereocenters. The van der Waals surface area contributed by atoms with Crippen molar-refractivity contribution in [3.63, 3.8) is 0 Å². The van der Waals surface area contributed by atoms with E-state index in [2.05, 4.69) is 29.8 Å². The van der Waals surface area contributed by atoms with Gasteiger partial charge in [-0.3, -0.25) is 9.69 Å². The third kappa shape index (κ3) is 2.47. The van der Waals surface area contributed by atoms with Gasteiger partial charge in [-0.2, -0.15) is 0 Å². The second kappa shape index (κ2) is 5.27. The third-order valence-electron chi connectivity index (χ3n) is 3.65. The van der Waals surface area contributed by atoms with Crippen LogP contribution in [0.1, 0.15) is 19.3 Å². The molecule has 0 spiro atoms. The molecule has 1 saturated heterocycles. The van der Waals surface area contributed by atoms with Crippen LogP contribution in [0.2, 0.25) is 0 Å². The molecule has 0 saturated carbocycles. The van der Waals surface area contributed by atoms with Crippen molar-refractivity contribution in [2.75, 3.05) is 7.05 Å². The van der Waals surface area contributed by atoms with E-state index in [1.54, 1.807) is 6.08 Å². The fraction of sp³-hybridized carbons (Fsp3) is 0.538. The Morgan fingerprint density at radius 1 is 1.65 bits per heavy atom. The number of hydrogen-bond acceptors (Lipinski definition) is 4. The van der Waals surface area contributed by atoms with Crippen molar-refractivity contribution in [1.82, 2.24) is 4.90 Å². The molecule has 4 nitrogen and oxygen atoms in total. The Hall–Kier alpha value is -1.42. The molecule has 2 aliphatic rings. The van der Waals surface area contributed by atoms with Gasteiger partial charge in [0.25, 0.3) is 0 Å². The van der Waals surface area contributed by atoms with Gasteiger partial charge in [0.05, 0.1) is 0 Å². The van der Waals surface area contributed by atoms with Crippen molar-refractivity contribution >= 4 is 12.5 Å². The van der Waals surface area contributed by atoms with Gasteiger partial charge in [-0.15, -0.1) is 0 Å². The van der Waals surface area contributed by atoms with Crippen LogP contribution in [0.3, 0.4) is 0 Å². The van der Waals surface area contributed by atoms with E-state index in [0.717, 1.165) is 12.6 Å². The number of carbonyl (C=O) groups is 1. The lowest BCUT2D eigenvalue weighted by Gasteiger charge is -2.31. The van der Waals surface area contributed by atoms with Crippen LogP contribution < -0.4 is 0 Å². The normalized spacial score (nSPS) is 30.1. The molecule has 2 aliphatic heterocycles. The van der Waals surface area contributed by atoms with Crippen LogP contribution in [0, 0.1) is 0 Å². The molecule has 0 N–H and O–H groups in total. The Morgan fingerprint density at radius 3 is 3.12 bits per heavy atom. The van der Waals surface area contributed by atoms with E-state index >= 15 is 0 Å². The predicted molar refractivity (Wildman–Crippen MR) is 66.9 cm³/mol. The summed E-state index contributed by atoms with van der Waals surface area (Å²) in [6, 6.07) is 1.13. The minimum absolute atomic E-state index is 0.206. The number of fused-ring (bicyclic) bond motifs is 2. The van der Waals surface area contributed by atoms with E-state index < -0.39 is 0 Å². The van der Waals surface area contributed by atoms with E-state index in [0.29, 0.717) is 18.4 Å². The molecule has 0 aromatic rings. The number of rotatable bonds is 5. The summed E-state index contributed by atoms with van der Waals surface area (Å²) in [5, 5.41) is 3.61. The highest BCUT2D eigenvalue weighted by Gasteiger charge is 2.35. The molecule has 3 unspecified atom stereocenters. The zero-order valence-electron chi connectivity index (χ0n) is 10.1. The van der Waals surface area contributed by atoms with E-state index in [1.165, 1.54) is 18.4 Å². The van der Waals surface area contributed by atoms with Crippen molar-refractivity contribution in [1.29, 1.82) is 0 Å². The topological polar surface area (TPSA) is 41.9 Å². The highest BCUT2D eigenvalue weighted by Crippen LogP contribution is 2.35. The number of nitrogens with zero attached hydrogens (tertiary/aromatic N) is 2. The van der Waals surface area contributed by atoms with Gasteiger partial charge >= 0.3 is 0 Å². The van der Waals surface area contributed by atoms with Crippen molar-refractivity contribution in [3.8, 4) is 0 Å². The quantitative estimate of drug-likeness (QED) is 0.313. The van der Waals surface area contributed by atoms with Crippen LogP contribution in [0.4, 0.5) is 0 Å². The standard InChI is InChI=1S/C13H18N2O2/c1-3-13(17-14-6-7-16)10-8-11-4-5-12(9-10)15(11)2/h3,6-8,11-13H,1,4-5,9H2,2H3. The maximum Gasteiger partial charge on any atom is 0.166 e. The number of hydrogen-bond donors (Lipinski definition) is 0. The van der Waals surface area contributed by atoms with Crippen molar-refractivity contribution in [2.45, 2.75) is 37.5 Å². The molecule has 0 amide bonds. The Labute approximate surface area is 102 Å². The van der Waals surface area contributed by atoms with Crippen LogP contribution in [-0.2, 0) is 9.63 Å². The molecule has 92 valence electrons. The minimum atomic E-state index is -0.206. The SMILES string of the molecule is C=CC(ON=CC=O)C1=CC2CCC(C1)N2C. The number of likely N-dealkylation sites (N-methyl/N-ethyl adjacent to an activating group) is 1. The summed E-state index contributed by atoms with van der Waals surface area (Å²) in [5.74, 6) is 0. The summed E-state index contributed by atoms with van der Waals surface area (Å²) >= 11 is 0. The van der Waals surface area contributed by atoms with Crippen molar-refractivity contribution in [3.05, 3.63) is 24.3 Å². The lowest BCUT2D eigenvalue weighted by atomic mass is 9.97. The molecule has 17 heavy (non-hydrogen) atoms. The van der Waals surface area contributed by atoms with Crippen LogP contribution in [0.5, 0.6) is 0 Å². The van der Waals surface area contributed by atoms with E-state index in [-0.39, 0.29) is 6.10 Å². The summed E-state index contributed by atoms with van der Waals surface area (Å²) in [7, 11) is 2.17. The molecular formula is C13H18N2O2.